The monoisotopic (exact) mass is 252 g/mol. The first-order valence-corrected chi connectivity index (χ1v) is 6.84. The highest BCUT2D eigenvalue weighted by molar-refractivity contribution is 6.31. The Kier molecular flexibility index (Phi) is 4.66. The van der Waals surface area contributed by atoms with E-state index in [0.29, 0.717) is 17.3 Å². The van der Waals surface area contributed by atoms with E-state index in [-0.39, 0.29) is 0 Å². The van der Waals surface area contributed by atoms with Gasteiger partial charge in [-0.3, -0.25) is 0 Å². The quantitative estimate of drug-likeness (QED) is 0.666. The summed E-state index contributed by atoms with van der Waals surface area (Å²) in [5.41, 5.74) is 2.84. The molecule has 1 heteroatoms. The molecule has 0 saturated carbocycles. The van der Waals surface area contributed by atoms with Crippen LogP contribution in [0.4, 0.5) is 0 Å². The molecule has 0 aliphatic heterocycles. The fraction of sp³-hybridized carbons (Fsp3) is 0.625. The van der Waals surface area contributed by atoms with Crippen molar-refractivity contribution in [1.29, 1.82) is 0 Å². The molecule has 0 spiro atoms. The fourth-order valence-corrected chi connectivity index (χ4v) is 2.91. The van der Waals surface area contributed by atoms with E-state index >= 15 is 0 Å². The lowest BCUT2D eigenvalue weighted by Gasteiger charge is -2.34. The molecule has 0 fully saturated rings. The van der Waals surface area contributed by atoms with Crippen LogP contribution in [0.5, 0.6) is 0 Å². The highest BCUT2D eigenvalue weighted by atomic mass is 35.5. The van der Waals surface area contributed by atoms with Crippen molar-refractivity contribution in [3.8, 4) is 0 Å². The van der Waals surface area contributed by atoms with Gasteiger partial charge in [0, 0.05) is 5.02 Å². The molecule has 0 aromatic heterocycles. The van der Waals surface area contributed by atoms with Gasteiger partial charge in [-0.15, -0.1) is 0 Å². The second kappa shape index (κ2) is 5.44. The van der Waals surface area contributed by atoms with Crippen LogP contribution in [0.1, 0.15) is 45.7 Å². The molecule has 0 aliphatic carbocycles. The maximum Gasteiger partial charge on any atom is 0.0440 e. The van der Waals surface area contributed by atoms with Crippen LogP contribution in [0.3, 0.4) is 0 Å². The van der Waals surface area contributed by atoms with Gasteiger partial charge in [-0.05, 0) is 47.8 Å². The van der Waals surface area contributed by atoms with Crippen LogP contribution in [-0.2, 0) is 6.42 Å². The number of hydrogen-bond acceptors (Lipinski definition) is 0. The molecule has 0 amide bonds. The van der Waals surface area contributed by atoms with E-state index in [1.54, 1.807) is 0 Å². The third-order valence-corrected chi connectivity index (χ3v) is 3.92. The van der Waals surface area contributed by atoms with E-state index in [0.717, 1.165) is 11.4 Å². The third-order valence-electron chi connectivity index (χ3n) is 3.57. The van der Waals surface area contributed by atoms with Crippen LogP contribution in [-0.4, -0.2) is 0 Å². The number of aryl methyl sites for hydroxylation is 1. The van der Waals surface area contributed by atoms with Gasteiger partial charge >= 0.3 is 0 Å². The van der Waals surface area contributed by atoms with E-state index in [4.69, 9.17) is 11.6 Å². The fourth-order valence-electron chi connectivity index (χ4n) is 2.60. The lowest BCUT2D eigenvalue weighted by molar-refractivity contribution is 0.177. The Morgan fingerprint density at radius 2 is 1.76 bits per heavy atom. The van der Waals surface area contributed by atoms with Crippen molar-refractivity contribution in [2.75, 3.05) is 0 Å². The van der Waals surface area contributed by atoms with Gasteiger partial charge in [0.1, 0.15) is 0 Å². The Morgan fingerprint density at radius 1 is 1.18 bits per heavy atom. The Bertz CT molecular complexity index is 372. The summed E-state index contributed by atoms with van der Waals surface area (Å²) in [6.07, 6.45) is 1.07. The molecule has 0 bridgehead atoms. The van der Waals surface area contributed by atoms with Gasteiger partial charge in [0.2, 0.25) is 0 Å². The molecule has 1 aromatic rings. The van der Waals surface area contributed by atoms with Crippen molar-refractivity contribution in [2.24, 2.45) is 17.3 Å². The van der Waals surface area contributed by atoms with Crippen molar-refractivity contribution < 1.29 is 0 Å². The van der Waals surface area contributed by atoms with Crippen molar-refractivity contribution in [2.45, 2.75) is 48.0 Å². The molecule has 96 valence electrons. The number of hydrogen-bond donors (Lipinski definition) is 0. The Morgan fingerprint density at radius 3 is 2.18 bits per heavy atom. The third kappa shape index (κ3) is 4.03. The second-order valence-corrected chi connectivity index (χ2v) is 6.92. The number of halogens is 1. The molecule has 1 unspecified atom stereocenters. The molecule has 1 atom stereocenters. The maximum absolute atomic E-state index is 6.33. The summed E-state index contributed by atoms with van der Waals surface area (Å²) in [5.74, 6) is 1.33. The molecule has 0 heterocycles. The van der Waals surface area contributed by atoms with E-state index < -0.39 is 0 Å². The summed E-state index contributed by atoms with van der Waals surface area (Å²) in [7, 11) is 0. The highest BCUT2D eigenvalue weighted by Crippen LogP contribution is 2.36. The standard InChI is InChI=1S/C16H25Cl/c1-11(2)14(16(4,5)6)10-13-8-7-12(3)9-15(13)17/h7-9,11,14H,10H2,1-6H3. The van der Waals surface area contributed by atoms with Crippen LogP contribution in [0.15, 0.2) is 18.2 Å². The summed E-state index contributed by atoms with van der Waals surface area (Å²) in [4.78, 5) is 0. The van der Waals surface area contributed by atoms with Gasteiger partial charge in [-0.1, -0.05) is 58.4 Å². The van der Waals surface area contributed by atoms with Crippen molar-refractivity contribution in [3.63, 3.8) is 0 Å². The minimum absolute atomic E-state index is 0.322. The molecule has 1 aromatic carbocycles. The first-order chi connectivity index (χ1) is 7.71. The molecule has 0 N–H and O–H groups in total. The minimum Gasteiger partial charge on any atom is -0.0840 e. The van der Waals surface area contributed by atoms with Crippen LogP contribution in [0, 0.1) is 24.2 Å². The van der Waals surface area contributed by atoms with Gasteiger partial charge in [-0.2, -0.15) is 0 Å². The minimum atomic E-state index is 0.322. The summed E-state index contributed by atoms with van der Waals surface area (Å²) >= 11 is 6.33. The van der Waals surface area contributed by atoms with Gasteiger partial charge in [-0.25, -0.2) is 0 Å². The lowest BCUT2D eigenvalue weighted by Crippen LogP contribution is -2.27. The topological polar surface area (TPSA) is 0 Å². The van der Waals surface area contributed by atoms with Gasteiger partial charge < -0.3 is 0 Å². The number of rotatable bonds is 3. The lowest BCUT2D eigenvalue weighted by atomic mass is 9.71. The molecule has 0 radical (unpaired) electrons. The normalized spacial score (nSPS) is 14.1. The predicted molar refractivity (Wildman–Crippen MR) is 77.7 cm³/mol. The van der Waals surface area contributed by atoms with E-state index in [1.165, 1.54) is 11.1 Å². The van der Waals surface area contributed by atoms with Gasteiger partial charge in [0.15, 0.2) is 0 Å². The summed E-state index contributed by atoms with van der Waals surface area (Å²) < 4.78 is 0. The van der Waals surface area contributed by atoms with Crippen LogP contribution < -0.4 is 0 Å². The van der Waals surface area contributed by atoms with Gasteiger partial charge in [0.25, 0.3) is 0 Å². The van der Waals surface area contributed by atoms with E-state index in [1.807, 2.05) is 0 Å². The van der Waals surface area contributed by atoms with Crippen molar-refractivity contribution >= 4 is 11.6 Å². The average Bonchev–Trinajstić information content (AvgIpc) is 2.13. The van der Waals surface area contributed by atoms with Crippen LogP contribution in [0.25, 0.3) is 0 Å². The Labute approximate surface area is 111 Å². The van der Waals surface area contributed by atoms with E-state index in [9.17, 15) is 0 Å². The second-order valence-electron chi connectivity index (χ2n) is 6.52. The van der Waals surface area contributed by atoms with Crippen molar-refractivity contribution in [1.82, 2.24) is 0 Å². The van der Waals surface area contributed by atoms with Gasteiger partial charge in [0.05, 0.1) is 0 Å². The molecule has 1 rings (SSSR count). The molecule has 0 nitrogen and oxygen atoms in total. The molecule has 0 aliphatic rings. The highest BCUT2D eigenvalue weighted by Gasteiger charge is 2.27. The molecular formula is C16H25Cl. The maximum atomic E-state index is 6.33. The first kappa shape index (κ1) is 14.6. The molecular weight excluding hydrogens is 228 g/mol. The van der Waals surface area contributed by atoms with Crippen LogP contribution >= 0.6 is 11.6 Å². The molecule has 17 heavy (non-hydrogen) atoms. The molecule has 0 saturated heterocycles. The zero-order chi connectivity index (χ0) is 13.2. The number of benzene rings is 1. The SMILES string of the molecule is Cc1ccc(CC(C(C)C)C(C)(C)C)c(Cl)c1. The summed E-state index contributed by atoms with van der Waals surface area (Å²) in [5, 5.41) is 0.917. The Balaban J connectivity index is 2.94. The smallest absolute Gasteiger partial charge is 0.0440 e. The zero-order valence-electron chi connectivity index (χ0n) is 12.0. The zero-order valence-corrected chi connectivity index (χ0v) is 12.7. The van der Waals surface area contributed by atoms with Crippen molar-refractivity contribution in [3.05, 3.63) is 34.3 Å². The first-order valence-electron chi connectivity index (χ1n) is 6.47. The Hall–Kier alpha value is -0.490. The average molecular weight is 253 g/mol. The summed E-state index contributed by atoms with van der Waals surface area (Å²) in [6, 6.07) is 6.40. The largest absolute Gasteiger partial charge is 0.0840 e. The van der Waals surface area contributed by atoms with Crippen LogP contribution in [0.2, 0.25) is 5.02 Å². The summed E-state index contributed by atoms with van der Waals surface area (Å²) in [6.45, 7) is 13.6. The van der Waals surface area contributed by atoms with E-state index in [2.05, 4.69) is 59.7 Å². The predicted octanol–water partition coefficient (Wildman–Crippen LogP) is 5.51.